The monoisotopic (exact) mass is 282 g/mol. The minimum Gasteiger partial charge on any atom is -0.495 e. The summed E-state index contributed by atoms with van der Waals surface area (Å²) in [6, 6.07) is 5.24. The summed E-state index contributed by atoms with van der Waals surface area (Å²) in [5.74, 6) is 0.767. The van der Waals surface area contributed by atoms with Crippen molar-refractivity contribution >= 4 is 23.2 Å². The summed E-state index contributed by atoms with van der Waals surface area (Å²) in [4.78, 5) is 14.1. The molecule has 19 heavy (non-hydrogen) atoms. The predicted molar refractivity (Wildman–Crippen MR) is 77.1 cm³/mol. The summed E-state index contributed by atoms with van der Waals surface area (Å²) in [5, 5.41) is 3.87. The van der Waals surface area contributed by atoms with Gasteiger partial charge in [0.05, 0.1) is 18.8 Å². The van der Waals surface area contributed by atoms with E-state index < -0.39 is 0 Å². The highest BCUT2D eigenvalue weighted by Gasteiger charge is 2.33. The number of benzene rings is 1. The lowest BCUT2D eigenvalue weighted by molar-refractivity contribution is -0.118. The highest BCUT2D eigenvalue weighted by Crippen LogP contribution is 2.33. The zero-order valence-corrected chi connectivity index (χ0v) is 12.0. The van der Waals surface area contributed by atoms with Gasteiger partial charge in [-0.2, -0.15) is 0 Å². The number of carbonyl (C=O) groups excluding carboxylic acids is 1. The van der Waals surface area contributed by atoms with Crippen LogP contribution in [-0.4, -0.2) is 32.1 Å². The van der Waals surface area contributed by atoms with E-state index in [-0.39, 0.29) is 11.9 Å². The van der Waals surface area contributed by atoms with Crippen molar-refractivity contribution in [2.75, 3.05) is 25.1 Å². The Balaban J connectivity index is 2.19. The molecular weight excluding hydrogens is 264 g/mol. The van der Waals surface area contributed by atoms with Gasteiger partial charge in [0.1, 0.15) is 5.75 Å². The minimum atomic E-state index is -0.0939. The SMILES string of the molecule is CCCNC1CCN(c2cc(Cl)ccc2OC)C1=O. The van der Waals surface area contributed by atoms with Gasteiger partial charge in [0.2, 0.25) is 5.91 Å². The second kappa shape index (κ2) is 6.26. The summed E-state index contributed by atoms with van der Waals surface area (Å²) in [6.45, 7) is 3.64. The van der Waals surface area contributed by atoms with Crippen LogP contribution in [0.1, 0.15) is 19.8 Å². The maximum absolute atomic E-state index is 12.4. The van der Waals surface area contributed by atoms with Crippen LogP contribution in [0.25, 0.3) is 0 Å². The zero-order chi connectivity index (χ0) is 13.8. The third-order valence-corrected chi connectivity index (χ3v) is 3.51. The van der Waals surface area contributed by atoms with E-state index in [1.165, 1.54) is 0 Å². The van der Waals surface area contributed by atoms with E-state index in [1.807, 2.05) is 0 Å². The molecule has 4 nitrogen and oxygen atoms in total. The highest BCUT2D eigenvalue weighted by atomic mass is 35.5. The van der Waals surface area contributed by atoms with Crippen molar-refractivity contribution < 1.29 is 9.53 Å². The van der Waals surface area contributed by atoms with Crippen LogP contribution in [0.2, 0.25) is 5.02 Å². The molecule has 0 aliphatic carbocycles. The van der Waals surface area contributed by atoms with Gasteiger partial charge in [-0.25, -0.2) is 0 Å². The molecule has 1 fully saturated rings. The zero-order valence-electron chi connectivity index (χ0n) is 11.3. The van der Waals surface area contributed by atoms with E-state index in [0.29, 0.717) is 17.3 Å². The number of rotatable bonds is 5. The number of hydrogen-bond donors (Lipinski definition) is 1. The Morgan fingerprint density at radius 2 is 2.32 bits per heavy atom. The molecule has 0 bridgehead atoms. The summed E-state index contributed by atoms with van der Waals surface area (Å²) in [6.07, 6.45) is 1.83. The standard InChI is InChI=1S/C14H19ClN2O2/c1-3-7-16-11-6-8-17(14(11)18)12-9-10(15)4-5-13(12)19-2/h4-5,9,11,16H,3,6-8H2,1-2H3. The fourth-order valence-corrected chi connectivity index (χ4v) is 2.47. The first-order chi connectivity index (χ1) is 9.17. The lowest BCUT2D eigenvalue weighted by atomic mass is 10.2. The van der Waals surface area contributed by atoms with E-state index in [0.717, 1.165) is 25.1 Å². The molecule has 1 aliphatic rings. The Labute approximate surface area is 118 Å². The fraction of sp³-hybridized carbons (Fsp3) is 0.500. The molecule has 0 spiro atoms. The first kappa shape index (κ1) is 14.2. The van der Waals surface area contributed by atoms with Gasteiger partial charge in [-0.15, -0.1) is 0 Å². The molecule has 0 radical (unpaired) electrons. The van der Waals surface area contributed by atoms with Gasteiger partial charge in [0.15, 0.2) is 0 Å². The predicted octanol–water partition coefficient (Wildman–Crippen LogP) is 2.45. The van der Waals surface area contributed by atoms with Crippen LogP contribution >= 0.6 is 11.6 Å². The Kier molecular flexibility index (Phi) is 4.66. The van der Waals surface area contributed by atoms with Crippen LogP contribution in [-0.2, 0) is 4.79 Å². The van der Waals surface area contributed by atoms with Crippen LogP contribution in [0.15, 0.2) is 18.2 Å². The molecule has 1 unspecified atom stereocenters. The molecule has 1 aromatic rings. The summed E-state index contributed by atoms with van der Waals surface area (Å²) in [7, 11) is 1.60. The summed E-state index contributed by atoms with van der Waals surface area (Å²) in [5.41, 5.74) is 0.751. The van der Waals surface area contributed by atoms with Gasteiger partial charge in [-0.3, -0.25) is 4.79 Å². The van der Waals surface area contributed by atoms with Crippen LogP contribution in [0, 0.1) is 0 Å². The third-order valence-electron chi connectivity index (χ3n) is 3.28. The average molecular weight is 283 g/mol. The van der Waals surface area contributed by atoms with E-state index in [4.69, 9.17) is 16.3 Å². The second-order valence-corrected chi connectivity index (χ2v) is 5.04. The number of carbonyl (C=O) groups is 1. The van der Waals surface area contributed by atoms with E-state index in [1.54, 1.807) is 30.2 Å². The molecule has 1 aliphatic heterocycles. The molecule has 2 rings (SSSR count). The first-order valence-corrected chi connectivity index (χ1v) is 6.93. The van der Waals surface area contributed by atoms with Gasteiger partial charge < -0.3 is 15.0 Å². The van der Waals surface area contributed by atoms with Crippen molar-refractivity contribution in [3.8, 4) is 5.75 Å². The van der Waals surface area contributed by atoms with Crippen molar-refractivity contribution in [2.24, 2.45) is 0 Å². The highest BCUT2D eigenvalue weighted by molar-refractivity contribution is 6.31. The molecule has 1 N–H and O–H groups in total. The van der Waals surface area contributed by atoms with Gasteiger partial charge in [-0.1, -0.05) is 18.5 Å². The number of nitrogens with zero attached hydrogens (tertiary/aromatic N) is 1. The third kappa shape index (κ3) is 3.01. The summed E-state index contributed by atoms with van der Waals surface area (Å²) >= 11 is 6.01. The molecule has 5 heteroatoms. The van der Waals surface area contributed by atoms with Crippen LogP contribution in [0.3, 0.4) is 0 Å². The van der Waals surface area contributed by atoms with Gasteiger partial charge in [0.25, 0.3) is 0 Å². The van der Waals surface area contributed by atoms with Crippen molar-refractivity contribution in [1.82, 2.24) is 5.32 Å². The maximum atomic E-state index is 12.4. The fourth-order valence-electron chi connectivity index (χ4n) is 2.30. The van der Waals surface area contributed by atoms with E-state index in [9.17, 15) is 4.79 Å². The van der Waals surface area contributed by atoms with Crippen LogP contribution in [0.4, 0.5) is 5.69 Å². The maximum Gasteiger partial charge on any atom is 0.244 e. The smallest absolute Gasteiger partial charge is 0.244 e. The van der Waals surface area contributed by atoms with Crippen LogP contribution < -0.4 is 15.0 Å². The van der Waals surface area contributed by atoms with Crippen LogP contribution in [0.5, 0.6) is 5.75 Å². The first-order valence-electron chi connectivity index (χ1n) is 6.55. The van der Waals surface area contributed by atoms with Crippen molar-refractivity contribution in [2.45, 2.75) is 25.8 Å². The Bertz CT molecular complexity index is 465. The molecule has 1 amide bonds. The van der Waals surface area contributed by atoms with Gasteiger partial charge in [-0.05, 0) is 37.6 Å². The number of amides is 1. The number of anilines is 1. The second-order valence-electron chi connectivity index (χ2n) is 4.60. The number of methoxy groups -OCH3 is 1. The normalized spacial score (nSPS) is 19.0. The topological polar surface area (TPSA) is 41.6 Å². The van der Waals surface area contributed by atoms with E-state index >= 15 is 0 Å². The molecular formula is C14H19ClN2O2. The lowest BCUT2D eigenvalue weighted by Gasteiger charge is -2.20. The molecule has 1 saturated heterocycles. The van der Waals surface area contributed by atoms with Gasteiger partial charge >= 0.3 is 0 Å². The number of halogens is 1. The quantitative estimate of drug-likeness (QED) is 0.902. The molecule has 0 aromatic heterocycles. The molecule has 0 saturated carbocycles. The number of nitrogens with one attached hydrogen (secondary N) is 1. The van der Waals surface area contributed by atoms with Gasteiger partial charge in [0, 0.05) is 11.6 Å². The minimum absolute atomic E-state index is 0.0917. The average Bonchev–Trinajstić information content (AvgIpc) is 2.77. The van der Waals surface area contributed by atoms with Crippen molar-refractivity contribution in [3.05, 3.63) is 23.2 Å². The van der Waals surface area contributed by atoms with E-state index in [2.05, 4.69) is 12.2 Å². The lowest BCUT2D eigenvalue weighted by Crippen LogP contribution is -2.38. The largest absolute Gasteiger partial charge is 0.495 e. The number of hydrogen-bond acceptors (Lipinski definition) is 3. The van der Waals surface area contributed by atoms with Crippen molar-refractivity contribution in [3.63, 3.8) is 0 Å². The molecule has 104 valence electrons. The Hall–Kier alpha value is -1.26. The number of ether oxygens (including phenoxy) is 1. The Morgan fingerprint density at radius 3 is 3.00 bits per heavy atom. The summed E-state index contributed by atoms with van der Waals surface area (Å²) < 4.78 is 5.30. The van der Waals surface area contributed by atoms with Crippen molar-refractivity contribution in [1.29, 1.82) is 0 Å². The molecule has 1 heterocycles. The Morgan fingerprint density at radius 1 is 1.53 bits per heavy atom. The molecule has 1 atom stereocenters. The molecule has 1 aromatic carbocycles.